The molecule has 5 nitrogen and oxygen atoms in total. The number of carboxylic acids is 1. The molecule has 0 radical (unpaired) electrons. The zero-order valence-corrected chi connectivity index (χ0v) is 9.94. The Morgan fingerprint density at radius 3 is 2.80 bits per heavy atom. The van der Waals surface area contributed by atoms with Crippen molar-refractivity contribution in [3.63, 3.8) is 0 Å². The van der Waals surface area contributed by atoms with Gasteiger partial charge in [-0.25, -0.2) is 13.1 Å². The van der Waals surface area contributed by atoms with Crippen molar-refractivity contribution in [1.82, 2.24) is 4.72 Å². The van der Waals surface area contributed by atoms with Gasteiger partial charge in [0, 0.05) is 6.54 Å². The number of nitrogens with one attached hydrogen (secondary N) is 1. The van der Waals surface area contributed by atoms with Crippen LogP contribution in [-0.2, 0) is 14.8 Å². The quantitative estimate of drug-likeness (QED) is 0.703. The van der Waals surface area contributed by atoms with Gasteiger partial charge < -0.3 is 5.11 Å². The third-order valence-corrected chi connectivity index (χ3v) is 4.78. The van der Waals surface area contributed by atoms with Crippen LogP contribution in [0.5, 0.6) is 0 Å². The van der Waals surface area contributed by atoms with Gasteiger partial charge in [-0.2, -0.15) is 11.8 Å². The largest absolute Gasteiger partial charge is 0.481 e. The van der Waals surface area contributed by atoms with Crippen LogP contribution in [0.4, 0.5) is 0 Å². The van der Waals surface area contributed by atoms with Crippen LogP contribution in [0.25, 0.3) is 0 Å². The molecule has 0 aromatic heterocycles. The average molecular weight is 253 g/mol. The Bertz CT molecular complexity index is 309. The number of carboxylic acid groups (broad SMARTS) is 1. The van der Waals surface area contributed by atoms with Crippen molar-refractivity contribution in [3.8, 4) is 0 Å². The maximum absolute atomic E-state index is 11.3. The number of hydrogen-bond donors (Lipinski definition) is 2. The SMILES string of the molecule is O=C(O)CCS(=O)(=O)NCC1CCSC1. The molecule has 1 saturated heterocycles. The Morgan fingerprint density at radius 2 is 2.27 bits per heavy atom. The molecule has 1 unspecified atom stereocenters. The van der Waals surface area contributed by atoms with Gasteiger partial charge in [-0.15, -0.1) is 0 Å². The van der Waals surface area contributed by atoms with E-state index in [4.69, 9.17) is 5.11 Å². The molecule has 0 saturated carbocycles. The minimum atomic E-state index is -3.40. The van der Waals surface area contributed by atoms with Gasteiger partial charge in [-0.1, -0.05) is 0 Å². The molecule has 15 heavy (non-hydrogen) atoms. The summed E-state index contributed by atoms with van der Waals surface area (Å²) in [5.74, 6) is 1.05. The van der Waals surface area contributed by atoms with Crippen molar-refractivity contribution >= 4 is 27.8 Å². The number of carbonyl (C=O) groups is 1. The van der Waals surface area contributed by atoms with Crippen LogP contribution in [0.15, 0.2) is 0 Å². The Hall–Kier alpha value is -0.270. The van der Waals surface area contributed by atoms with Crippen LogP contribution < -0.4 is 4.72 Å². The zero-order valence-electron chi connectivity index (χ0n) is 8.31. The van der Waals surface area contributed by atoms with Gasteiger partial charge in [-0.3, -0.25) is 4.79 Å². The summed E-state index contributed by atoms with van der Waals surface area (Å²) in [7, 11) is -3.40. The van der Waals surface area contributed by atoms with E-state index in [0.717, 1.165) is 17.9 Å². The Labute approximate surface area is 93.7 Å². The fourth-order valence-electron chi connectivity index (χ4n) is 1.28. The lowest BCUT2D eigenvalue weighted by Gasteiger charge is -2.09. The molecule has 0 bridgehead atoms. The lowest BCUT2D eigenvalue weighted by molar-refractivity contribution is -0.136. The predicted octanol–water partition coefficient (Wildman–Crippen LogP) is 0.134. The maximum Gasteiger partial charge on any atom is 0.304 e. The van der Waals surface area contributed by atoms with Crippen LogP contribution in [-0.4, -0.2) is 43.3 Å². The van der Waals surface area contributed by atoms with E-state index < -0.39 is 16.0 Å². The first-order valence-electron chi connectivity index (χ1n) is 4.76. The van der Waals surface area contributed by atoms with E-state index in [1.807, 2.05) is 11.8 Å². The van der Waals surface area contributed by atoms with Crippen molar-refractivity contribution in [2.75, 3.05) is 23.8 Å². The van der Waals surface area contributed by atoms with Crippen molar-refractivity contribution in [3.05, 3.63) is 0 Å². The topological polar surface area (TPSA) is 83.5 Å². The molecule has 1 aliphatic heterocycles. The zero-order chi connectivity index (χ0) is 11.3. The van der Waals surface area contributed by atoms with E-state index in [9.17, 15) is 13.2 Å². The Morgan fingerprint density at radius 1 is 1.53 bits per heavy atom. The summed E-state index contributed by atoms with van der Waals surface area (Å²) in [5, 5.41) is 8.36. The Kier molecular flexibility index (Phi) is 4.88. The average Bonchev–Trinajstić information content (AvgIpc) is 2.65. The summed E-state index contributed by atoms with van der Waals surface area (Å²) in [6.07, 6.45) is 0.695. The van der Waals surface area contributed by atoms with E-state index in [2.05, 4.69) is 4.72 Å². The van der Waals surface area contributed by atoms with Crippen molar-refractivity contribution < 1.29 is 18.3 Å². The summed E-state index contributed by atoms with van der Waals surface area (Å²) in [4.78, 5) is 10.2. The highest BCUT2D eigenvalue weighted by Gasteiger charge is 2.19. The summed E-state index contributed by atoms with van der Waals surface area (Å²) in [6.45, 7) is 0.439. The predicted molar refractivity (Wildman–Crippen MR) is 59.5 cm³/mol. The fourth-order valence-corrected chi connectivity index (χ4v) is 3.64. The highest BCUT2D eigenvalue weighted by Crippen LogP contribution is 2.22. The van der Waals surface area contributed by atoms with Gasteiger partial charge in [0.25, 0.3) is 0 Å². The summed E-state index contributed by atoms with van der Waals surface area (Å²) in [5.41, 5.74) is 0. The smallest absolute Gasteiger partial charge is 0.304 e. The van der Waals surface area contributed by atoms with Gasteiger partial charge in [0.05, 0.1) is 12.2 Å². The molecule has 0 amide bonds. The number of sulfonamides is 1. The van der Waals surface area contributed by atoms with Crippen LogP contribution in [0.1, 0.15) is 12.8 Å². The highest BCUT2D eigenvalue weighted by atomic mass is 32.2. The molecule has 1 rings (SSSR count). The van der Waals surface area contributed by atoms with Crippen molar-refractivity contribution in [2.45, 2.75) is 12.8 Å². The van der Waals surface area contributed by atoms with E-state index in [0.29, 0.717) is 12.5 Å². The first-order chi connectivity index (χ1) is 6.99. The molecule has 7 heteroatoms. The molecular formula is C8H15NO4S2. The monoisotopic (exact) mass is 253 g/mol. The minimum absolute atomic E-state index is 0.331. The second-order valence-electron chi connectivity index (χ2n) is 3.54. The number of thioether (sulfide) groups is 1. The van der Waals surface area contributed by atoms with Crippen molar-refractivity contribution in [1.29, 1.82) is 0 Å². The number of rotatable bonds is 6. The minimum Gasteiger partial charge on any atom is -0.481 e. The molecule has 2 N–H and O–H groups in total. The third kappa shape index (κ3) is 5.39. The standard InChI is InChI=1S/C8H15NO4S2/c10-8(11)2-4-15(12,13)9-5-7-1-3-14-6-7/h7,9H,1-6H2,(H,10,11). The third-order valence-electron chi connectivity index (χ3n) is 2.20. The van der Waals surface area contributed by atoms with E-state index >= 15 is 0 Å². The summed E-state index contributed by atoms with van der Waals surface area (Å²) < 4.78 is 25.1. The van der Waals surface area contributed by atoms with Gasteiger partial charge in [0.15, 0.2) is 0 Å². The molecule has 1 aliphatic rings. The lowest BCUT2D eigenvalue weighted by Crippen LogP contribution is -2.32. The van der Waals surface area contributed by atoms with E-state index in [-0.39, 0.29) is 12.2 Å². The second-order valence-corrected chi connectivity index (χ2v) is 6.62. The molecule has 0 aromatic carbocycles. The van der Waals surface area contributed by atoms with E-state index in [1.165, 1.54) is 0 Å². The molecule has 1 fully saturated rings. The normalized spacial score (nSPS) is 21.7. The molecule has 0 aromatic rings. The van der Waals surface area contributed by atoms with E-state index in [1.54, 1.807) is 0 Å². The van der Waals surface area contributed by atoms with Gasteiger partial charge in [0.2, 0.25) is 10.0 Å². The van der Waals surface area contributed by atoms with Crippen LogP contribution in [0.3, 0.4) is 0 Å². The summed E-state index contributed by atoms with van der Waals surface area (Å²) >= 11 is 1.82. The first-order valence-corrected chi connectivity index (χ1v) is 7.57. The Balaban J connectivity index is 2.26. The highest BCUT2D eigenvalue weighted by molar-refractivity contribution is 7.99. The van der Waals surface area contributed by atoms with Crippen LogP contribution in [0.2, 0.25) is 0 Å². The molecular weight excluding hydrogens is 238 g/mol. The first kappa shape index (κ1) is 12.8. The lowest BCUT2D eigenvalue weighted by atomic mass is 10.1. The van der Waals surface area contributed by atoms with Crippen LogP contribution >= 0.6 is 11.8 Å². The van der Waals surface area contributed by atoms with Gasteiger partial charge >= 0.3 is 5.97 Å². The van der Waals surface area contributed by atoms with Crippen molar-refractivity contribution in [2.24, 2.45) is 5.92 Å². The molecule has 1 atom stereocenters. The maximum atomic E-state index is 11.3. The number of hydrogen-bond acceptors (Lipinski definition) is 4. The molecule has 0 spiro atoms. The molecule has 0 aliphatic carbocycles. The van der Waals surface area contributed by atoms with Gasteiger partial charge in [0.1, 0.15) is 0 Å². The number of aliphatic carboxylic acids is 1. The fraction of sp³-hybridized carbons (Fsp3) is 0.875. The molecule has 88 valence electrons. The van der Waals surface area contributed by atoms with Crippen LogP contribution in [0, 0.1) is 5.92 Å². The summed E-state index contributed by atoms with van der Waals surface area (Å²) in [6, 6.07) is 0. The second kappa shape index (κ2) is 5.72. The van der Waals surface area contributed by atoms with Gasteiger partial charge in [-0.05, 0) is 23.8 Å². The molecule has 1 heterocycles.